The molecule has 156 valence electrons. The van der Waals surface area contributed by atoms with Gasteiger partial charge in [0, 0.05) is 0 Å². The van der Waals surface area contributed by atoms with Crippen molar-refractivity contribution < 1.29 is 0 Å². The molecule has 0 aliphatic heterocycles. The van der Waals surface area contributed by atoms with Crippen molar-refractivity contribution in [3.05, 3.63) is 126 Å². The number of rotatable bonds is 5. The van der Waals surface area contributed by atoms with Crippen molar-refractivity contribution in [2.75, 3.05) is 0 Å². The van der Waals surface area contributed by atoms with E-state index in [1.54, 1.807) is 0 Å². The Morgan fingerprint density at radius 3 is 1.66 bits per heavy atom. The first-order chi connectivity index (χ1) is 15.6. The Balaban J connectivity index is 1.82. The molecule has 0 spiro atoms. The molecule has 4 aromatic carbocycles. The summed E-state index contributed by atoms with van der Waals surface area (Å²) in [7, 11) is 0. The molecule has 0 aliphatic rings. The number of fused-ring (bicyclic) bond motifs is 1. The van der Waals surface area contributed by atoms with Gasteiger partial charge < -0.3 is 0 Å². The molecule has 1 heterocycles. The van der Waals surface area contributed by atoms with Crippen molar-refractivity contribution in [1.29, 1.82) is 5.26 Å². The molecule has 0 aliphatic carbocycles. The predicted octanol–water partition coefficient (Wildman–Crippen LogP) is 7.11. The second-order valence-electron chi connectivity index (χ2n) is 7.92. The van der Waals surface area contributed by atoms with E-state index in [4.69, 9.17) is 0 Å². The average molecular weight is 514 g/mol. The first kappa shape index (κ1) is 21.1. The topological polar surface area (TPSA) is 23.8 Å². The third-order valence-electron chi connectivity index (χ3n) is 6.03. The van der Waals surface area contributed by atoms with E-state index in [2.05, 4.69) is 125 Å². The maximum absolute atomic E-state index is 9.33. The Morgan fingerprint density at radius 1 is 0.688 bits per heavy atom. The van der Waals surface area contributed by atoms with Gasteiger partial charge in [0.15, 0.2) is 0 Å². The predicted molar refractivity (Wildman–Crippen MR) is 144 cm³/mol. The van der Waals surface area contributed by atoms with Gasteiger partial charge in [-0.25, -0.2) is 0 Å². The fourth-order valence-electron chi connectivity index (χ4n) is 4.48. The Hall–Kier alpha value is -2.76. The monoisotopic (exact) mass is 513 g/mol. The molecule has 4 heteroatoms. The average Bonchev–Trinajstić information content (AvgIpc) is 3.26. The van der Waals surface area contributed by atoms with Crippen LogP contribution >= 0.6 is 32.1 Å². The molecule has 0 radical (unpaired) electrons. The molecular formula is C28H21BrNPS. The van der Waals surface area contributed by atoms with Crippen molar-refractivity contribution in [2.45, 2.75) is 6.16 Å². The van der Waals surface area contributed by atoms with Crippen molar-refractivity contribution in [1.82, 2.24) is 0 Å². The van der Waals surface area contributed by atoms with Gasteiger partial charge in [-0.3, -0.25) is 0 Å². The van der Waals surface area contributed by atoms with E-state index in [-0.39, 0.29) is 0 Å². The molecule has 5 rings (SSSR count). The van der Waals surface area contributed by atoms with Crippen molar-refractivity contribution in [3.63, 3.8) is 0 Å². The molecule has 1 aromatic heterocycles. The normalized spacial score (nSPS) is 12.7. The molecule has 0 atom stereocenters. The van der Waals surface area contributed by atoms with Gasteiger partial charge in [0.2, 0.25) is 0 Å². The third kappa shape index (κ3) is 3.40. The molecule has 0 saturated heterocycles. The van der Waals surface area contributed by atoms with Crippen LogP contribution < -0.4 is 15.9 Å². The molecule has 1 nitrogen and oxygen atoms in total. The van der Waals surface area contributed by atoms with Gasteiger partial charge in [-0.15, -0.1) is 0 Å². The summed E-state index contributed by atoms with van der Waals surface area (Å²) in [6.07, 6.45) is 0.866. The summed E-state index contributed by atoms with van der Waals surface area (Å²) >= 11 is 6.34. The van der Waals surface area contributed by atoms with Crippen LogP contribution in [-0.2, 0) is 6.16 Å². The first-order valence-corrected chi connectivity index (χ1v) is 15.7. The summed E-state index contributed by atoms with van der Waals surface area (Å²) in [4.78, 5) is 1.31. The quantitative estimate of drug-likeness (QED) is 0.229. The number of hydrogen-bond donors (Lipinski definition) is 0. The summed E-state index contributed by atoms with van der Waals surface area (Å²) in [6.45, 7) is 0. The fraction of sp³-hybridized carbons (Fsp3) is 0.0357. The zero-order valence-electron chi connectivity index (χ0n) is 17.4. The van der Waals surface area contributed by atoms with Crippen LogP contribution in [0.15, 0.2) is 115 Å². The summed E-state index contributed by atoms with van der Waals surface area (Å²) in [5.74, 6) is 0. The second-order valence-corrected chi connectivity index (χ2v) is 18.0. The van der Waals surface area contributed by atoms with Gasteiger partial charge in [0.25, 0.3) is 0 Å². The molecular weight excluding hydrogens is 493 g/mol. The first-order valence-electron chi connectivity index (χ1n) is 10.4. The summed E-state index contributed by atoms with van der Waals surface area (Å²) in [6, 6.07) is 43.1. The number of nitriles is 1. The number of hydrogen-bond acceptors (Lipinski definition) is 2. The van der Waals surface area contributed by atoms with Crippen LogP contribution in [0.4, 0.5) is 0 Å². The third-order valence-corrected chi connectivity index (χ3v) is 16.9. The van der Waals surface area contributed by atoms with Crippen LogP contribution in [0.2, 0.25) is 0 Å². The minimum atomic E-state index is -3.01. The molecule has 5 aromatic rings. The van der Waals surface area contributed by atoms with E-state index in [1.807, 2.05) is 23.5 Å². The van der Waals surface area contributed by atoms with Crippen LogP contribution in [0.3, 0.4) is 0 Å². The van der Waals surface area contributed by atoms with Crippen molar-refractivity contribution >= 4 is 58.1 Å². The Bertz CT molecular complexity index is 1320. The molecule has 0 unspecified atom stereocenters. The Kier molecular flexibility index (Phi) is 5.48. The van der Waals surface area contributed by atoms with E-state index in [0.29, 0.717) is 5.56 Å². The van der Waals surface area contributed by atoms with Crippen LogP contribution in [0.1, 0.15) is 10.4 Å². The molecule has 0 amide bonds. The molecule has 0 N–H and O–H groups in total. The van der Waals surface area contributed by atoms with Gasteiger partial charge in [0.1, 0.15) is 0 Å². The van der Waals surface area contributed by atoms with E-state index < -0.39 is 5.31 Å². The number of halogens is 1. The Morgan fingerprint density at radius 2 is 1.19 bits per heavy atom. The van der Waals surface area contributed by atoms with Gasteiger partial charge in [-0.05, 0) is 0 Å². The SMILES string of the molecule is N#Cc1ccc2sc(CP(Br)(c3ccccc3)(c3ccccc3)c3ccccc3)cc2c1. The number of thiophene rings is 1. The Labute approximate surface area is 200 Å². The molecule has 0 fully saturated rings. The van der Waals surface area contributed by atoms with Gasteiger partial charge in [0.05, 0.1) is 0 Å². The van der Waals surface area contributed by atoms with E-state index >= 15 is 0 Å². The standard InChI is InChI=1S/C28H21BrNPS/c29-31(24-10-4-1-5-11-24,25-12-6-2-7-13-25,26-14-8-3-9-15-26)21-27-19-23-18-22(20-30)16-17-28(23)32-27/h1-19H,21H2. The fourth-order valence-corrected chi connectivity index (χ4v) is 14.3. The summed E-state index contributed by atoms with van der Waals surface area (Å²) in [5.41, 5.74) is 0.701. The van der Waals surface area contributed by atoms with Gasteiger partial charge >= 0.3 is 201 Å². The van der Waals surface area contributed by atoms with E-state index in [9.17, 15) is 5.26 Å². The van der Waals surface area contributed by atoms with Gasteiger partial charge in [-0.1, -0.05) is 0 Å². The molecule has 0 bridgehead atoms. The summed E-state index contributed by atoms with van der Waals surface area (Å²) < 4.78 is 1.21. The van der Waals surface area contributed by atoms with Gasteiger partial charge in [-0.2, -0.15) is 0 Å². The maximum atomic E-state index is 9.33. The zero-order valence-corrected chi connectivity index (χ0v) is 20.7. The number of benzene rings is 4. The zero-order chi connectivity index (χ0) is 22.0. The second kappa shape index (κ2) is 8.30. The van der Waals surface area contributed by atoms with Crippen LogP contribution in [0.25, 0.3) is 10.1 Å². The van der Waals surface area contributed by atoms with Crippen LogP contribution in [-0.4, -0.2) is 0 Å². The molecule has 32 heavy (non-hydrogen) atoms. The van der Waals surface area contributed by atoms with Crippen LogP contribution in [0.5, 0.6) is 0 Å². The van der Waals surface area contributed by atoms with E-state index in [0.717, 1.165) is 11.5 Å². The summed E-state index contributed by atoms with van der Waals surface area (Å²) in [5, 5.41) is 11.4. The minimum absolute atomic E-state index is 0.701. The van der Waals surface area contributed by atoms with Crippen molar-refractivity contribution in [3.8, 4) is 6.07 Å². The molecule has 0 saturated carbocycles. The van der Waals surface area contributed by atoms with E-state index in [1.165, 1.54) is 25.5 Å². The number of nitrogens with zero attached hydrogens (tertiary/aromatic N) is 1. The van der Waals surface area contributed by atoms with Crippen LogP contribution in [0, 0.1) is 11.3 Å². The van der Waals surface area contributed by atoms with Crippen molar-refractivity contribution in [2.24, 2.45) is 0 Å².